The molecule has 7 heteroatoms. The van der Waals surface area contributed by atoms with Crippen LogP contribution in [0.4, 0.5) is 0 Å². The number of hydrogen-bond acceptors (Lipinski definition) is 5. The molecule has 166 valence electrons. The largest absolute Gasteiger partial charge is 0.354 e. The van der Waals surface area contributed by atoms with E-state index in [4.69, 9.17) is 4.98 Å². The van der Waals surface area contributed by atoms with E-state index >= 15 is 0 Å². The molecule has 6 nitrogen and oxygen atoms in total. The van der Waals surface area contributed by atoms with Gasteiger partial charge in [0, 0.05) is 30.1 Å². The Labute approximate surface area is 192 Å². The number of carbonyl (C=O) groups is 1. The van der Waals surface area contributed by atoms with Crippen LogP contribution in [-0.4, -0.2) is 37.5 Å². The molecule has 1 N–H and O–H groups in total. The number of amides is 1. The maximum Gasteiger partial charge on any atom is 0.220 e. The van der Waals surface area contributed by atoms with Gasteiger partial charge in [0.2, 0.25) is 11.1 Å². The lowest BCUT2D eigenvalue weighted by Gasteiger charge is -2.10. The molecular weight excluding hydrogens is 418 g/mol. The maximum absolute atomic E-state index is 11.8. The van der Waals surface area contributed by atoms with Gasteiger partial charge in [0.05, 0.1) is 5.52 Å². The van der Waals surface area contributed by atoms with Gasteiger partial charge in [0.25, 0.3) is 0 Å². The van der Waals surface area contributed by atoms with Gasteiger partial charge in [-0.1, -0.05) is 54.2 Å². The maximum atomic E-state index is 11.8. The fourth-order valence-corrected chi connectivity index (χ4v) is 4.59. The van der Waals surface area contributed by atoms with Crippen LogP contribution in [0.15, 0.2) is 53.7 Å². The summed E-state index contributed by atoms with van der Waals surface area (Å²) < 4.78 is 2.24. The van der Waals surface area contributed by atoms with E-state index in [1.165, 1.54) is 11.1 Å². The molecule has 0 bridgehead atoms. The van der Waals surface area contributed by atoms with E-state index in [1.807, 2.05) is 26.0 Å². The highest BCUT2D eigenvalue weighted by Crippen LogP contribution is 2.28. The number of thioether (sulfide) groups is 1. The van der Waals surface area contributed by atoms with Crippen LogP contribution in [0.25, 0.3) is 22.1 Å². The molecule has 0 aliphatic rings. The third-order valence-corrected chi connectivity index (χ3v) is 6.35. The summed E-state index contributed by atoms with van der Waals surface area (Å²) in [6.45, 7) is 6.84. The highest BCUT2D eigenvalue weighted by molar-refractivity contribution is 7.99. The van der Waals surface area contributed by atoms with Gasteiger partial charge in [-0.2, -0.15) is 0 Å². The molecule has 0 fully saturated rings. The minimum absolute atomic E-state index is 0.116. The lowest BCUT2D eigenvalue weighted by atomic mass is 10.1. The number of aryl methyl sites for hydroxylation is 1. The van der Waals surface area contributed by atoms with Gasteiger partial charge in [-0.25, -0.2) is 4.98 Å². The third-order valence-electron chi connectivity index (χ3n) is 5.42. The highest BCUT2D eigenvalue weighted by atomic mass is 32.2. The Morgan fingerprint density at radius 2 is 1.84 bits per heavy atom. The van der Waals surface area contributed by atoms with Crippen molar-refractivity contribution in [3.63, 3.8) is 0 Å². The molecule has 4 aromatic rings. The number of benzene rings is 2. The number of nitrogens with zero attached hydrogens (tertiary/aromatic N) is 4. The first-order valence-corrected chi connectivity index (χ1v) is 12.1. The summed E-state index contributed by atoms with van der Waals surface area (Å²) in [7, 11) is 0. The zero-order valence-corrected chi connectivity index (χ0v) is 19.7. The first-order valence-electron chi connectivity index (χ1n) is 11.1. The van der Waals surface area contributed by atoms with Gasteiger partial charge in [-0.15, -0.1) is 10.2 Å². The summed E-state index contributed by atoms with van der Waals surface area (Å²) in [4.78, 5) is 16.7. The van der Waals surface area contributed by atoms with Crippen molar-refractivity contribution in [2.45, 2.75) is 57.8 Å². The van der Waals surface area contributed by atoms with Crippen molar-refractivity contribution in [3.8, 4) is 0 Å². The fraction of sp³-hybridized carbons (Fsp3) is 0.360. The lowest BCUT2D eigenvalue weighted by Crippen LogP contribution is -2.29. The van der Waals surface area contributed by atoms with E-state index in [-0.39, 0.29) is 11.9 Å². The molecule has 0 saturated heterocycles. The molecule has 0 aliphatic heterocycles. The van der Waals surface area contributed by atoms with Crippen LogP contribution in [0, 0.1) is 6.92 Å². The number of unbranched alkanes of at least 4 members (excludes halogenated alkanes) is 1. The number of hydrogen-bond donors (Lipinski definition) is 1. The fourth-order valence-electron chi connectivity index (χ4n) is 3.81. The average Bonchev–Trinajstić information content (AvgIpc) is 3.08. The molecule has 2 aromatic heterocycles. The Morgan fingerprint density at radius 3 is 2.66 bits per heavy atom. The zero-order valence-electron chi connectivity index (χ0n) is 18.8. The summed E-state index contributed by atoms with van der Waals surface area (Å²) in [5, 5.41) is 13.6. The van der Waals surface area contributed by atoms with Crippen LogP contribution >= 0.6 is 11.8 Å². The van der Waals surface area contributed by atoms with Gasteiger partial charge >= 0.3 is 0 Å². The van der Waals surface area contributed by atoms with E-state index in [0.717, 1.165) is 47.2 Å². The van der Waals surface area contributed by atoms with Crippen molar-refractivity contribution < 1.29 is 4.79 Å². The summed E-state index contributed by atoms with van der Waals surface area (Å²) in [5.74, 6) is 0.977. The SMILES string of the molecule is Cc1ccccc1Cn1c2ccccc2c2nnc(SCCCCC(=O)NC(C)C)nc21. The number of rotatable bonds is 9. The topological polar surface area (TPSA) is 72.7 Å². The summed E-state index contributed by atoms with van der Waals surface area (Å²) in [6, 6.07) is 16.9. The van der Waals surface area contributed by atoms with Crippen LogP contribution in [0.2, 0.25) is 0 Å². The average molecular weight is 448 g/mol. The third kappa shape index (κ3) is 5.10. The zero-order chi connectivity index (χ0) is 22.5. The first kappa shape index (κ1) is 22.3. The molecule has 2 heterocycles. The Balaban J connectivity index is 1.52. The van der Waals surface area contributed by atoms with Gasteiger partial charge in [-0.05, 0) is 50.8 Å². The van der Waals surface area contributed by atoms with Crippen molar-refractivity contribution in [2.24, 2.45) is 0 Å². The molecule has 32 heavy (non-hydrogen) atoms. The summed E-state index contributed by atoms with van der Waals surface area (Å²) >= 11 is 1.60. The molecule has 0 saturated carbocycles. The van der Waals surface area contributed by atoms with E-state index < -0.39 is 0 Å². The Bertz CT molecular complexity index is 1230. The van der Waals surface area contributed by atoms with Crippen LogP contribution in [0.5, 0.6) is 0 Å². The molecule has 2 aromatic carbocycles. The Hall–Kier alpha value is -2.93. The highest BCUT2D eigenvalue weighted by Gasteiger charge is 2.15. The van der Waals surface area contributed by atoms with Crippen molar-refractivity contribution in [1.29, 1.82) is 0 Å². The molecule has 0 unspecified atom stereocenters. The van der Waals surface area contributed by atoms with Crippen molar-refractivity contribution in [2.75, 3.05) is 5.75 Å². The van der Waals surface area contributed by atoms with E-state index in [2.05, 4.69) is 63.4 Å². The number of fused-ring (bicyclic) bond motifs is 3. The Morgan fingerprint density at radius 1 is 1.06 bits per heavy atom. The number of carbonyl (C=O) groups excluding carboxylic acids is 1. The molecule has 1 amide bonds. The number of aromatic nitrogens is 4. The first-order chi connectivity index (χ1) is 15.5. The van der Waals surface area contributed by atoms with Crippen LogP contribution in [0.1, 0.15) is 44.2 Å². The van der Waals surface area contributed by atoms with Crippen molar-refractivity contribution >= 4 is 39.7 Å². The van der Waals surface area contributed by atoms with Gasteiger partial charge in [-0.3, -0.25) is 4.79 Å². The molecule has 0 spiro atoms. The lowest BCUT2D eigenvalue weighted by molar-refractivity contribution is -0.121. The standard InChI is InChI=1S/C25H29N5OS/c1-17(2)26-22(31)14-8-9-15-32-25-27-24-23(28-29-25)20-12-6-7-13-21(20)30(24)16-19-11-5-4-10-18(19)3/h4-7,10-13,17H,8-9,14-16H2,1-3H3,(H,26,31). The van der Waals surface area contributed by atoms with E-state index in [9.17, 15) is 4.79 Å². The molecule has 0 aliphatic carbocycles. The molecule has 0 atom stereocenters. The smallest absolute Gasteiger partial charge is 0.220 e. The number of nitrogens with one attached hydrogen (secondary N) is 1. The second kappa shape index (κ2) is 10.1. The van der Waals surface area contributed by atoms with E-state index in [0.29, 0.717) is 11.6 Å². The molecular formula is C25H29N5OS. The van der Waals surface area contributed by atoms with Crippen LogP contribution in [0.3, 0.4) is 0 Å². The molecule has 0 radical (unpaired) electrons. The van der Waals surface area contributed by atoms with Crippen LogP contribution in [-0.2, 0) is 11.3 Å². The molecule has 4 rings (SSSR count). The van der Waals surface area contributed by atoms with Crippen molar-refractivity contribution in [3.05, 3.63) is 59.7 Å². The van der Waals surface area contributed by atoms with Crippen LogP contribution < -0.4 is 5.32 Å². The minimum Gasteiger partial charge on any atom is -0.354 e. The number of para-hydroxylation sites is 1. The monoisotopic (exact) mass is 447 g/mol. The van der Waals surface area contributed by atoms with Crippen molar-refractivity contribution in [1.82, 2.24) is 25.1 Å². The predicted molar refractivity (Wildman–Crippen MR) is 131 cm³/mol. The second-order valence-corrected chi connectivity index (χ2v) is 9.39. The quantitative estimate of drug-likeness (QED) is 0.285. The summed E-state index contributed by atoms with van der Waals surface area (Å²) in [6.07, 6.45) is 2.35. The predicted octanol–water partition coefficient (Wildman–Crippen LogP) is 5.12. The van der Waals surface area contributed by atoms with Gasteiger partial charge in [0.15, 0.2) is 5.65 Å². The van der Waals surface area contributed by atoms with Gasteiger partial charge in [0.1, 0.15) is 5.52 Å². The minimum atomic E-state index is 0.116. The summed E-state index contributed by atoms with van der Waals surface area (Å²) in [5.41, 5.74) is 5.34. The van der Waals surface area contributed by atoms with Gasteiger partial charge < -0.3 is 9.88 Å². The van der Waals surface area contributed by atoms with E-state index in [1.54, 1.807) is 11.8 Å². The Kier molecular flexibility index (Phi) is 7.05. The normalized spacial score (nSPS) is 11.5. The second-order valence-electron chi connectivity index (χ2n) is 8.32.